The normalized spacial score (nSPS) is 36.6. The predicted octanol–water partition coefficient (Wildman–Crippen LogP) is 0.401. The summed E-state index contributed by atoms with van der Waals surface area (Å²) in [6.45, 7) is 0. The van der Waals surface area contributed by atoms with E-state index in [9.17, 15) is 9.59 Å². The monoisotopic (exact) mass is 153 g/mol. The number of amides is 2. The van der Waals surface area contributed by atoms with E-state index in [4.69, 9.17) is 0 Å². The second-order valence-corrected chi connectivity index (χ2v) is 3.38. The van der Waals surface area contributed by atoms with Gasteiger partial charge in [0.1, 0.15) is 0 Å². The number of hydrogen-bond donors (Lipinski definition) is 0. The van der Waals surface area contributed by atoms with Crippen LogP contribution >= 0.6 is 0 Å². The van der Waals surface area contributed by atoms with Crippen molar-refractivity contribution in [2.45, 2.75) is 19.3 Å². The van der Waals surface area contributed by atoms with Crippen LogP contribution < -0.4 is 0 Å². The van der Waals surface area contributed by atoms with Crippen molar-refractivity contribution in [3.8, 4) is 0 Å². The van der Waals surface area contributed by atoms with Crippen LogP contribution in [0.1, 0.15) is 19.3 Å². The molecule has 1 aliphatic heterocycles. The fourth-order valence-corrected chi connectivity index (χ4v) is 2.16. The quantitative estimate of drug-likeness (QED) is 0.472. The standard InChI is InChI=1S/C8H11NO2/c1-9-7(10)5-3-2-4-6(5)8(9)11/h5-6H,2-4H2,1H3. The van der Waals surface area contributed by atoms with Gasteiger partial charge in [0.05, 0.1) is 11.8 Å². The number of likely N-dealkylation sites (tertiary alicyclic amines) is 1. The van der Waals surface area contributed by atoms with Crippen molar-refractivity contribution in [1.29, 1.82) is 0 Å². The molecule has 1 saturated carbocycles. The third kappa shape index (κ3) is 0.737. The van der Waals surface area contributed by atoms with Gasteiger partial charge in [0, 0.05) is 7.05 Å². The van der Waals surface area contributed by atoms with Crippen LogP contribution in [0, 0.1) is 11.8 Å². The smallest absolute Gasteiger partial charge is 0.232 e. The van der Waals surface area contributed by atoms with Crippen LogP contribution in [0.3, 0.4) is 0 Å². The Morgan fingerprint density at radius 3 is 2.09 bits per heavy atom. The van der Waals surface area contributed by atoms with Gasteiger partial charge >= 0.3 is 0 Å². The maximum Gasteiger partial charge on any atom is 0.232 e. The molecule has 2 aliphatic rings. The summed E-state index contributed by atoms with van der Waals surface area (Å²) in [4.78, 5) is 23.9. The summed E-state index contributed by atoms with van der Waals surface area (Å²) in [6, 6.07) is 0. The second-order valence-electron chi connectivity index (χ2n) is 3.38. The van der Waals surface area contributed by atoms with Gasteiger partial charge in [-0.25, -0.2) is 0 Å². The summed E-state index contributed by atoms with van der Waals surface area (Å²) in [6.07, 6.45) is 2.87. The van der Waals surface area contributed by atoms with Crippen LogP contribution in [0.2, 0.25) is 0 Å². The van der Waals surface area contributed by atoms with Crippen LogP contribution in [0.5, 0.6) is 0 Å². The molecule has 1 saturated heterocycles. The van der Waals surface area contributed by atoms with E-state index in [2.05, 4.69) is 0 Å². The molecule has 0 aromatic carbocycles. The second kappa shape index (κ2) is 2.06. The van der Waals surface area contributed by atoms with E-state index in [1.807, 2.05) is 0 Å². The first kappa shape index (κ1) is 6.83. The molecule has 0 radical (unpaired) electrons. The number of nitrogens with zero attached hydrogens (tertiary/aromatic N) is 1. The molecule has 3 nitrogen and oxygen atoms in total. The minimum Gasteiger partial charge on any atom is -0.285 e. The lowest BCUT2D eigenvalue weighted by Gasteiger charge is -2.06. The first-order chi connectivity index (χ1) is 5.22. The van der Waals surface area contributed by atoms with Crippen molar-refractivity contribution in [3.63, 3.8) is 0 Å². The van der Waals surface area contributed by atoms with E-state index in [0.717, 1.165) is 19.3 Å². The Balaban J connectivity index is 2.30. The Morgan fingerprint density at radius 2 is 1.64 bits per heavy atom. The molecule has 2 unspecified atom stereocenters. The minimum absolute atomic E-state index is 0.0347. The summed E-state index contributed by atoms with van der Waals surface area (Å²) in [5.74, 6) is 0.148. The molecule has 2 amide bonds. The summed E-state index contributed by atoms with van der Waals surface area (Å²) >= 11 is 0. The molecular weight excluding hydrogens is 142 g/mol. The average Bonchev–Trinajstić information content (AvgIpc) is 2.53. The maximum absolute atomic E-state index is 11.3. The molecule has 60 valence electrons. The predicted molar refractivity (Wildman–Crippen MR) is 38.6 cm³/mol. The van der Waals surface area contributed by atoms with E-state index in [1.54, 1.807) is 7.05 Å². The zero-order valence-electron chi connectivity index (χ0n) is 6.54. The van der Waals surface area contributed by atoms with Crippen LogP contribution in [-0.2, 0) is 9.59 Å². The van der Waals surface area contributed by atoms with E-state index in [0.29, 0.717) is 0 Å². The van der Waals surface area contributed by atoms with Crippen molar-refractivity contribution >= 4 is 11.8 Å². The number of fused-ring (bicyclic) bond motifs is 1. The van der Waals surface area contributed by atoms with Gasteiger partial charge in [0.2, 0.25) is 11.8 Å². The zero-order valence-corrected chi connectivity index (χ0v) is 6.54. The summed E-state index contributed by atoms with van der Waals surface area (Å²) < 4.78 is 0. The van der Waals surface area contributed by atoms with Gasteiger partial charge in [-0.1, -0.05) is 6.42 Å². The molecule has 2 atom stereocenters. The molecule has 3 heteroatoms. The number of carbonyl (C=O) groups excluding carboxylic acids is 2. The van der Waals surface area contributed by atoms with Crippen molar-refractivity contribution < 1.29 is 9.59 Å². The lowest BCUT2D eigenvalue weighted by atomic mass is 10.00. The first-order valence-corrected chi connectivity index (χ1v) is 4.03. The minimum atomic E-state index is 0.0347. The maximum atomic E-state index is 11.3. The van der Waals surface area contributed by atoms with E-state index >= 15 is 0 Å². The highest BCUT2D eigenvalue weighted by Crippen LogP contribution is 2.38. The van der Waals surface area contributed by atoms with Gasteiger partial charge in [-0.15, -0.1) is 0 Å². The molecule has 1 heterocycles. The first-order valence-electron chi connectivity index (χ1n) is 4.03. The van der Waals surface area contributed by atoms with Crippen molar-refractivity contribution in [1.82, 2.24) is 4.90 Å². The van der Waals surface area contributed by atoms with Gasteiger partial charge in [-0.2, -0.15) is 0 Å². The van der Waals surface area contributed by atoms with Crippen molar-refractivity contribution in [3.05, 3.63) is 0 Å². The number of imide groups is 1. The summed E-state index contributed by atoms with van der Waals surface area (Å²) in [5, 5.41) is 0. The highest BCUT2D eigenvalue weighted by molar-refractivity contribution is 6.05. The Bertz CT molecular complexity index is 202. The van der Waals surface area contributed by atoms with E-state index < -0.39 is 0 Å². The SMILES string of the molecule is CN1C(=O)C2CCCC2C1=O. The molecule has 0 bridgehead atoms. The zero-order chi connectivity index (χ0) is 8.01. The fraction of sp³-hybridized carbons (Fsp3) is 0.750. The molecule has 0 aromatic rings. The molecule has 0 spiro atoms. The van der Waals surface area contributed by atoms with E-state index in [-0.39, 0.29) is 23.7 Å². The molecule has 2 rings (SSSR count). The van der Waals surface area contributed by atoms with Crippen LogP contribution in [0.4, 0.5) is 0 Å². The molecular formula is C8H11NO2. The molecule has 2 fully saturated rings. The Kier molecular flexibility index (Phi) is 1.28. The van der Waals surface area contributed by atoms with Gasteiger partial charge < -0.3 is 0 Å². The number of hydrogen-bond acceptors (Lipinski definition) is 2. The highest BCUT2D eigenvalue weighted by atomic mass is 16.2. The fourth-order valence-electron chi connectivity index (χ4n) is 2.16. The lowest BCUT2D eigenvalue weighted by Crippen LogP contribution is -2.26. The Labute approximate surface area is 65.4 Å². The van der Waals surface area contributed by atoms with Crippen LogP contribution in [-0.4, -0.2) is 23.8 Å². The molecule has 11 heavy (non-hydrogen) atoms. The van der Waals surface area contributed by atoms with Crippen molar-refractivity contribution in [2.24, 2.45) is 11.8 Å². The average molecular weight is 153 g/mol. The highest BCUT2D eigenvalue weighted by Gasteiger charge is 2.47. The van der Waals surface area contributed by atoms with Gasteiger partial charge in [-0.05, 0) is 12.8 Å². The Morgan fingerprint density at radius 1 is 1.18 bits per heavy atom. The van der Waals surface area contributed by atoms with Crippen LogP contribution in [0.15, 0.2) is 0 Å². The van der Waals surface area contributed by atoms with Gasteiger partial charge in [-0.3, -0.25) is 14.5 Å². The van der Waals surface area contributed by atoms with Crippen LogP contribution in [0.25, 0.3) is 0 Å². The third-order valence-electron chi connectivity index (χ3n) is 2.81. The van der Waals surface area contributed by atoms with Gasteiger partial charge in [0.25, 0.3) is 0 Å². The molecule has 1 aliphatic carbocycles. The lowest BCUT2D eigenvalue weighted by molar-refractivity contribution is -0.138. The Hall–Kier alpha value is -0.860. The number of rotatable bonds is 0. The molecule has 0 N–H and O–H groups in total. The summed E-state index contributed by atoms with van der Waals surface area (Å²) in [5.41, 5.74) is 0. The molecule has 0 aromatic heterocycles. The topological polar surface area (TPSA) is 37.4 Å². The summed E-state index contributed by atoms with van der Waals surface area (Å²) in [7, 11) is 1.59. The van der Waals surface area contributed by atoms with E-state index in [1.165, 1.54) is 4.90 Å². The number of carbonyl (C=O) groups is 2. The third-order valence-corrected chi connectivity index (χ3v) is 2.81. The van der Waals surface area contributed by atoms with Crippen molar-refractivity contribution in [2.75, 3.05) is 7.05 Å². The van der Waals surface area contributed by atoms with Gasteiger partial charge in [0.15, 0.2) is 0 Å². The largest absolute Gasteiger partial charge is 0.285 e.